The zero-order chi connectivity index (χ0) is 43.0. The second-order valence-electron chi connectivity index (χ2n) is 17.4. The molecule has 15 nitrogen and oxygen atoms in total. The average molecular weight is 852 g/mol. The second-order valence-corrected chi connectivity index (χ2v) is 19.4. The van der Waals surface area contributed by atoms with Gasteiger partial charge < -0.3 is 29.7 Å². The zero-order valence-corrected chi connectivity index (χ0v) is 35.2. The Kier molecular flexibility index (Phi) is 12.2. The van der Waals surface area contributed by atoms with Gasteiger partial charge >= 0.3 is 12.2 Å². The number of nitrogens with one attached hydrogen (secondary N) is 3. The van der Waals surface area contributed by atoms with E-state index in [2.05, 4.69) is 15.4 Å². The highest BCUT2D eigenvalue weighted by Crippen LogP contribution is 2.44. The first-order chi connectivity index (χ1) is 28.5. The minimum Gasteiger partial charge on any atom is -0.497 e. The number of amides is 5. The van der Waals surface area contributed by atoms with Crippen LogP contribution in [0.2, 0.25) is 0 Å². The predicted molar refractivity (Wildman–Crippen MR) is 216 cm³/mol. The first kappa shape index (κ1) is 42.9. The Morgan fingerprint density at radius 3 is 2.37 bits per heavy atom. The maximum Gasteiger partial charge on any atom is 0.410 e. The average Bonchev–Trinajstić information content (AvgIpc) is 3.86. The van der Waals surface area contributed by atoms with Gasteiger partial charge in [-0.05, 0) is 95.0 Å². The first-order valence-electron chi connectivity index (χ1n) is 20.7. The second kappa shape index (κ2) is 17.1. The van der Waals surface area contributed by atoms with Gasteiger partial charge in [0.15, 0.2) is 0 Å². The molecule has 60 heavy (non-hydrogen) atoms. The van der Waals surface area contributed by atoms with E-state index in [0.29, 0.717) is 61.0 Å². The molecule has 17 heteroatoms. The molecule has 1 saturated heterocycles. The van der Waals surface area contributed by atoms with E-state index >= 15 is 4.79 Å². The number of rotatable bonds is 7. The van der Waals surface area contributed by atoms with Gasteiger partial charge in [-0.1, -0.05) is 49.3 Å². The number of carbonyl (C=O) groups is 5. The number of hydrogen-bond donors (Lipinski definition) is 3. The van der Waals surface area contributed by atoms with Crippen LogP contribution in [-0.2, 0) is 47.0 Å². The van der Waals surface area contributed by atoms with Crippen molar-refractivity contribution < 1.29 is 51.0 Å². The van der Waals surface area contributed by atoms with Crippen molar-refractivity contribution in [3.63, 3.8) is 0 Å². The number of nitrogens with zero attached hydrogens (tertiary/aromatic N) is 2. The molecule has 3 N–H and O–H groups in total. The highest BCUT2D eigenvalue weighted by Gasteiger charge is 2.58. The molecule has 0 bridgehead atoms. The number of halogens is 1. The monoisotopic (exact) mass is 851 g/mol. The molecule has 0 spiro atoms. The van der Waals surface area contributed by atoms with Crippen LogP contribution in [0.4, 0.5) is 14.0 Å². The van der Waals surface area contributed by atoms with Crippen LogP contribution in [-0.4, -0.2) is 89.8 Å². The van der Waals surface area contributed by atoms with Crippen molar-refractivity contribution in [1.82, 2.24) is 25.2 Å². The molecule has 324 valence electrons. The molecule has 2 aromatic rings. The summed E-state index contributed by atoms with van der Waals surface area (Å²) in [6, 6.07) is 7.67. The van der Waals surface area contributed by atoms with Crippen LogP contribution in [0.1, 0.15) is 108 Å². The van der Waals surface area contributed by atoms with Crippen LogP contribution in [0.15, 0.2) is 54.6 Å². The summed E-state index contributed by atoms with van der Waals surface area (Å²) in [5.74, 6) is -2.77. The summed E-state index contributed by atoms with van der Waals surface area (Å²) in [7, 11) is -2.50. The number of allylic oxidation sites excluding steroid dienone is 1. The predicted octanol–water partition coefficient (Wildman–Crippen LogP) is 5.28. The molecule has 2 saturated carbocycles. The molecule has 3 fully saturated rings. The molecule has 5 amide bonds. The van der Waals surface area contributed by atoms with Crippen LogP contribution >= 0.6 is 0 Å². The Labute approximate surface area is 349 Å². The molecule has 3 heterocycles. The lowest BCUT2D eigenvalue weighted by atomic mass is 9.65. The van der Waals surface area contributed by atoms with Crippen molar-refractivity contribution in [2.24, 2.45) is 5.92 Å². The summed E-state index contributed by atoms with van der Waals surface area (Å²) in [4.78, 5) is 74.3. The fourth-order valence-corrected chi connectivity index (χ4v) is 10.0. The molecule has 2 aliphatic carbocycles. The fourth-order valence-electron chi connectivity index (χ4n) is 8.64. The van der Waals surface area contributed by atoms with Crippen LogP contribution < -0.4 is 20.1 Å². The van der Waals surface area contributed by atoms with E-state index in [9.17, 15) is 32.0 Å². The molecular formula is C43H54FN5O10S. The van der Waals surface area contributed by atoms with Crippen LogP contribution in [0.5, 0.6) is 5.75 Å². The molecule has 2 aromatic carbocycles. The highest BCUT2D eigenvalue weighted by atomic mass is 32.2. The number of carbonyl (C=O) groups excluding carboxylic acids is 5. The third-order valence-corrected chi connectivity index (χ3v) is 13.9. The smallest absolute Gasteiger partial charge is 0.410 e. The van der Waals surface area contributed by atoms with E-state index in [0.717, 1.165) is 6.42 Å². The molecule has 1 unspecified atom stereocenters. The van der Waals surface area contributed by atoms with Gasteiger partial charge in [-0.15, -0.1) is 0 Å². The van der Waals surface area contributed by atoms with Gasteiger partial charge in [0, 0.05) is 24.4 Å². The van der Waals surface area contributed by atoms with Gasteiger partial charge in [0.25, 0.3) is 5.91 Å². The van der Waals surface area contributed by atoms with Crippen molar-refractivity contribution in [3.8, 4) is 5.75 Å². The number of fused-ring (bicyclic) bond motifs is 3. The van der Waals surface area contributed by atoms with Crippen molar-refractivity contribution in [3.05, 3.63) is 77.1 Å². The molecule has 0 aromatic heterocycles. The minimum absolute atomic E-state index is 0.0501. The summed E-state index contributed by atoms with van der Waals surface area (Å²) in [6.07, 6.45) is 5.00. The van der Waals surface area contributed by atoms with Crippen LogP contribution in [0.3, 0.4) is 0 Å². The maximum atomic E-state index is 15.2. The molecular weight excluding hydrogens is 798 g/mol. The molecule has 7 rings (SSSR count). The van der Waals surface area contributed by atoms with E-state index in [1.165, 1.54) is 23.0 Å². The Bertz CT molecular complexity index is 2140. The van der Waals surface area contributed by atoms with E-state index < -0.39 is 92.3 Å². The molecule has 3 aliphatic heterocycles. The van der Waals surface area contributed by atoms with Crippen molar-refractivity contribution in [2.45, 2.75) is 139 Å². The standard InChI is InChI=1S/C43H54FN5O10S/c1-42(2,3)59-40(53)45-33-14-9-7-5-6-8-12-28-21-22-43(28,39(52)47-60(55,56)30-19-20-30)46-37(50)34-23-35(36(49(34)38(33)51)26-15-17-29(57-4)18-16-26)58-41(54)48-24-27-11-10-13-32(44)31(27)25-48/h8,10-13,15-18,28,30,33-36H,5-7,9,14,19-25H2,1-4H3,(H,45,53)(H,46,50)(H,47,52)/b12-8-/t28?,33-,34-,35+,36-,43+/m0/s1. The summed E-state index contributed by atoms with van der Waals surface area (Å²) >= 11 is 0. The van der Waals surface area contributed by atoms with Gasteiger partial charge in [-0.25, -0.2) is 22.4 Å². The third-order valence-electron chi connectivity index (χ3n) is 12.0. The Morgan fingerprint density at radius 2 is 1.72 bits per heavy atom. The van der Waals surface area contributed by atoms with Gasteiger partial charge in [0.2, 0.25) is 21.8 Å². The quantitative estimate of drug-likeness (QED) is 0.309. The van der Waals surface area contributed by atoms with Crippen molar-refractivity contribution in [1.29, 1.82) is 0 Å². The lowest BCUT2D eigenvalue weighted by Gasteiger charge is -2.48. The van der Waals surface area contributed by atoms with Crippen molar-refractivity contribution >= 4 is 39.9 Å². The summed E-state index contributed by atoms with van der Waals surface area (Å²) in [5.41, 5.74) is -1.08. The van der Waals surface area contributed by atoms with Gasteiger partial charge in [0.1, 0.15) is 40.9 Å². The van der Waals surface area contributed by atoms with Crippen LogP contribution in [0, 0.1) is 11.7 Å². The van der Waals surface area contributed by atoms with Gasteiger partial charge in [-0.3, -0.25) is 24.0 Å². The van der Waals surface area contributed by atoms with E-state index in [-0.39, 0.29) is 32.4 Å². The summed E-state index contributed by atoms with van der Waals surface area (Å²) in [6.45, 7) is 5.12. The number of ether oxygens (including phenoxy) is 3. The fraction of sp³-hybridized carbons (Fsp3) is 0.558. The number of alkyl carbamates (subject to hydrolysis) is 1. The largest absolute Gasteiger partial charge is 0.497 e. The van der Waals surface area contributed by atoms with Gasteiger partial charge in [0.05, 0.1) is 24.9 Å². The van der Waals surface area contributed by atoms with E-state index in [1.54, 1.807) is 57.2 Å². The van der Waals surface area contributed by atoms with Crippen LogP contribution in [0.25, 0.3) is 0 Å². The summed E-state index contributed by atoms with van der Waals surface area (Å²) < 4.78 is 60.4. The maximum absolute atomic E-state index is 15.2. The number of methoxy groups -OCH3 is 1. The van der Waals surface area contributed by atoms with Crippen molar-refractivity contribution in [2.75, 3.05) is 7.11 Å². The lowest BCUT2D eigenvalue weighted by Crippen LogP contribution is -2.70. The number of sulfonamides is 1. The SMILES string of the molecule is COc1ccc([C@H]2[C@H](OC(=O)N3Cc4cccc(F)c4C3)C[C@H]3C(=O)N[C@]4(C(=O)NS(=O)(=O)C5CC5)CCC4/C=C\CCCCC[C@H](NC(=O)OC(C)(C)C)C(=O)N32)cc1. The first-order valence-corrected chi connectivity index (χ1v) is 22.3. The minimum atomic E-state index is -4.00. The Hall–Kier alpha value is -5.19. The normalized spacial score (nSPS) is 27.7. The highest BCUT2D eigenvalue weighted by molar-refractivity contribution is 7.91. The van der Waals surface area contributed by atoms with E-state index in [1.807, 2.05) is 12.2 Å². The number of benzene rings is 2. The lowest BCUT2D eigenvalue weighted by molar-refractivity contribution is -0.146. The van der Waals surface area contributed by atoms with E-state index in [4.69, 9.17) is 14.2 Å². The molecule has 6 atom stereocenters. The zero-order valence-electron chi connectivity index (χ0n) is 34.4. The Morgan fingerprint density at radius 1 is 0.967 bits per heavy atom. The molecule has 5 aliphatic rings. The molecule has 0 radical (unpaired) electrons. The number of hydrogen-bond acceptors (Lipinski definition) is 10. The Balaban J connectivity index is 1.29. The van der Waals surface area contributed by atoms with Gasteiger partial charge in [-0.2, -0.15) is 0 Å². The summed E-state index contributed by atoms with van der Waals surface area (Å²) in [5, 5.41) is 4.97. The third kappa shape index (κ3) is 9.10. The topological polar surface area (TPSA) is 190 Å².